The van der Waals surface area contributed by atoms with Crippen LogP contribution in [0.5, 0.6) is 0 Å². The molecule has 5 heteroatoms. The molecule has 0 fully saturated rings. The molecule has 0 saturated carbocycles. The maximum Gasteiger partial charge on any atom is 0.287 e. The van der Waals surface area contributed by atoms with Crippen molar-refractivity contribution in [1.82, 2.24) is 5.32 Å². The maximum atomic E-state index is 12.2. The summed E-state index contributed by atoms with van der Waals surface area (Å²) >= 11 is 3.31. The fraction of sp³-hybridized carbons (Fsp3) is 0.118. The summed E-state index contributed by atoms with van der Waals surface area (Å²) in [6, 6.07) is 15.9. The highest BCUT2D eigenvalue weighted by molar-refractivity contribution is 7.98. The zero-order valence-corrected chi connectivity index (χ0v) is 13.5. The predicted octanol–water partition coefficient (Wildman–Crippen LogP) is 4.56. The average molecular weight is 329 g/mol. The van der Waals surface area contributed by atoms with E-state index in [4.69, 9.17) is 4.42 Å². The Labute approximate surface area is 137 Å². The largest absolute Gasteiger partial charge is 0.459 e. The third-order valence-corrected chi connectivity index (χ3v) is 5.03. The van der Waals surface area contributed by atoms with Crippen molar-refractivity contribution in [3.05, 3.63) is 76.4 Å². The van der Waals surface area contributed by atoms with Crippen LogP contribution < -0.4 is 5.32 Å². The van der Waals surface area contributed by atoms with Gasteiger partial charge < -0.3 is 9.73 Å². The van der Waals surface area contributed by atoms with Gasteiger partial charge in [0, 0.05) is 21.1 Å². The molecule has 1 amide bonds. The number of rotatable bonds is 6. The molecule has 3 rings (SSSR count). The molecule has 0 unspecified atom stereocenters. The van der Waals surface area contributed by atoms with Gasteiger partial charge in [0.05, 0.1) is 12.8 Å². The monoisotopic (exact) mass is 329 g/mol. The van der Waals surface area contributed by atoms with Gasteiger partial charge in [-0.05, 0) is 29.6 Å². The standard InChI is InChI=1S/C17H15NO2S2/c19-17(18-11-15-7-4-10-21-15)16-13(8-9-20-16)12-22-14-5-2-1-3-6-14/h1-10H,11-12H2,(H,18,19). The Morgan fingerprint density at radius 3 is 2.77 bits per heavy atom. The van der Waals surface area contributed by atoms with Crippen molar-refractivity contribution >= 4 is 29.0 Å². The molecule has 0 radical (unpaired) electrons. The lowest BCUT2D eigenvalue weighted by molar-refractivity contribution is 0.0922. The van der Waals surface area contributed by atoms with E-state index in [2.05, 4.69) is 17.4 Å². The van der Waals surface area contributed by atoms with Gasteiger partial charge in [0.15, 0.2) is 5.76 Å². The van der Waals surface area contributed by atoms with Crippen molar-refractivity contribution in [2.24, 2.45) is 0 Å². The lowest BCUT2D eigenvalue weighted by atomic mass is 10.2. The Balaban J connectivity index is 1.60. The van der Waals surface area contributed by atoms with Gasteiger partial charge in [0.25, 0.3) is 5.91 Å². The van der Waals surface area contributed by atoms with Crippen LogP contribution in [-0.2, 0) is 12.3 Å². The quantitative estimate of drug-likeness (QED) is 0.674. The number of thioether (sulfide) groups is 1. The van der Waals surface area contributed by atoms with Gasteiger partial charge in [-0.1, -0.05) is 24.3 Å². The van der Waals surface area contributed by atoms with Crippen molar-refractivity contribution in [3.8, 4) is 0 Å². The summed E-state index contributed by atoms with van der Waals surface area (Å²) in [4.78, 5) is 14.5. The second-order valence-corrected chi connectivity index (χ2v) is 6.72. The lowest BCUT2D eigenvalue weighted by Crippen LogP contribution is -2.22. The summed E-state index contributed by atoms with van der Waals surface area (Å²) < 4.78 is 5.36. The zero-order valence-electron chi connectivity index (χ0n) is 11.8. The van der Waals surface area contributed by atoms with Crippen LogP contribution in [0.3, 0.4) is 0 Å². The molecule has 1 aromatic carbocycles. The molecule has 0 spiro atoms. The molecule has 2 aromatic heterocycles. The van der Waals surface area contributed by atoms with Crippen molar-refractivity contribution in [2.45, 2.75) is 17.2 Å². The van der Waals surface area contributed by atoms with E-state index < -0.39 is 0 Å². The summed E-state index contributed by atoms with van der Waals surface area (Å²) in [5, 5.41) is 4.89. The third-order valence-electron chi connectivity index (χ3n) is 3.09. The smallest absolute Gasteiger partial charge is 0.287 e. The molecule has 2 heterocycles. The number of thiophene rings is 1. The Morgan fingerprint density at radius 1 is 1.14 bits per heavy atom. The fourth-order valence-electron chi connectivity index (χ4n) is 1.99. The van der Waals surface area contributed by atoms with Gasteiger partial charge in [-0.3, -0.25) is 4.79 Å². The van der Waals surface area contributed by atoms with E-state index in [1.54, 1.807) is 29.4 Å². The number of furan rings is 1. The second kappa shape index (κ2) is 7.33. The van der Waals surface area contributed by atoms with Gasteiger partial charge in [-0.25, -0.2) is 0 Å². The number of nitrogens with one attached hydrogen (secondary N) is 1. The number of amides is 1. The highest BCUT2D eigenvalue weighted by Gasteiger charge is 2.15. The van der Waals surface area contributed by atoms with E-state index in [-0.39, 0.29) is 5.91 Å². The summed E-state index contributed by atoms with van der Waals surface area (Å²) in [5.41, 5.74) is 0.914. The van der Waals surface area contributed by atoms with Gasteiger partial charge in [-0.2, -0.15) is 0 Å². The predicted molar refractivity (Wildman–Crippen MR) is 90.2 cm³/mol. The summed E-state index contributed by atoms with van der Waals surface area (Å²) in [7, 11) is 0. The van der Waals surface area contributed by atoms with Crippen LogP contribution >= 0.6 is 23.1 Å². The molecule has 3 nitrogen and oxygen atoms in total. The van der Waals surface area contributed by atoms with Gasteiger partial charge in [-0.15, -0.1) is 23.1 Å². The van der Waals surface area contributed by atoms with Crippen LogP contribution in [0.4, 0.5) is 0 Å². The van der Waals surface area contributed by atoms with E-state index in [0.717, 1.165) is 10.4 Å². The molecule has 22 heavy (non-hydrogen) atoms. The molecular weight excluding hydrogens is 314 g/mol. The molecule has 0 atom stereocenters. The molecular formula is C17H15NO2S2. The average Bonchev–Trinajstić information content (AvgIpc) is 3.23. The molecule has 112 valence electrons. The topological polar surface area (TPSA) is 42.2 Å². The van der Waals surface area contributed by atoms with Gasteiger partial charge in [0.2, 0.25) is 0 Å². The number of carbonyl (C=O) groups is 1. The molecule has 1 N–H and O–H groups in total. The van der Waals surface area contributed by atoms with E-state index in [1.165, 1.54) is 4.90 Å². The summed E-state index contributed by atoms with van der Waals surface area (Å²) in [6.07, 6.45) is 1.57. The van der Waals surface area contributed by atoms with Crippen LogP contribution in [-0.4, -0.2) is 5.91 Å². The van der Waals surface area contributed by atoms with Crippen molar-refractivity contribution in [1.29, 1.82) is 0 Å². The van der Waals surface area contributed by atoms with Crippen LogP contribution in [0, 0.1) is 0 Å². The van der Waals surface area contributed by atoms with Crippen molar-refractivity contribution in [2.75, 3.05) is 0 Å². The Hall–Kier alpha value is -1.98. The SMILES string of the molecule is O=C(NCc1cccs1)c1occc1CSc1ccccc1. The maximum absolute atomic E-state index is 12.2. The second-order valence-electron chi connectivity index (χ2n) is 4.64. The first-order valence-corrected chi connectivity index (χ1v) is 8.74. The number of benzene rings is 1. The number of hydrogen-bond acceptors (Lipinski definition) is 4. The zero-order chi connectivity index (χ0) is 15.2. The third kappa shape index (κ3) is 3.81. The highest BCUT2D eigenvalue weighted by atomic mass is 32.2. The lowest BCUT2D eigenvalue weighted by Gasteiger charge is -2.04. The minimum Gasteiger partial charge on any atom is -0.459 e. The first-order chi connectivity index (χ1) is 10.8. The van der Waals surface area contributed by atoms with E-state index in [0.29, 0.717) is 18.1 Å². The van der Waals surface area contributed by atoms with Gasteiger partial charge >= 0.3 is 0 Å². The molecule has 3 aromatic rings. The Kier molecular flexibility index (Phi) is 4.98. The Bertz CT molecular complexity index is 720. The first kappa shape index (κ1) is 14.9. The summed E-state index contributed by atoms with van der Waals surface area (Å²) in [5.74, 6) is 0.949. The van der Waals surface area contributed by atoms with Crippen LogP contribution in [0.1, 0.15) is 21.0 Å². The number of carbonyl (C=O) groups excluding carboxylic acids is 1. The van der Waals surface area contributed by atoms with Crippen molar-refractivity contribution < 1.29 is 9.21 Å². The van der Waals surface area contributed by atoms with Gasteiger partial charge in [0.1, 0.15) is 0 Å². The highest BCUT2D eigenvalue weighted by Crippen LogP contribution is 2.24. The van der Waals surface area contributed by atoms with Crippen LogP contribution in [0.25, 0.3) is 0 Å². The number of hydrogen-bond donors (Lipinski definition) is 1. The normalized spacial score (nSPS) is 10.5. The van der Waals surface area contributed by atoms with E-state index >= 15 is 0 Å². The van der Waals surface area contributed by atoms with E-state index in [9.17, 15) is 4.79 Å². The molecule has 0 aliphatic rings. The first-order valence-electron chi connectivity index (χ1n) is 6.88. The molecule has 0 aliphatic carbocycles. The van der Waals surface area contributed by atoms with Crippen LogP contribution in [0.2, 0.25) is 0 Å². The summed E-state index contributed by atoms with van der Waals surface area (Å²) in [6.45, 7) is 0.530. The fourth-order valence-corrected chi connectivity index (χ4v) is 3.53. The molecule has 0 bridgehead atoms. The molecule has 0 saturated heterocycles. The van der Waals surface area contributed by atoms with Crippen molar-refractivity contribution in [3.63, 3.8) is 0 Å². The Morgan fingerprint density at radius 2 is 2.00 bits per heavy atom. The van der Waals surface area contributed by atoms with Crippen LogP contribution in [0.15, 0.2) is 69.5 Å². The molecule has 0 aliphatic heterocycles. The van der Waals surface area contributed by atoms with E-state index in [1.807, 2.05) is 41.8 Å². The minimum atomic E-state index is -0.165. The minimum absolute atomic E-state index is 0.165.